The van der Waals surface area contributed by atoms with E-state index in [2.05, 4.69) is 22.9 Å². The molecule has 8 fully saturated rings. The highest BCUT2D eigenvalue weighted by Gasteiger charge is 2.72. The smallest absolute Gasteiger partial charge is 0.323 e. The summed E-state index contributed by atoms with van der Waals surface area (Å²) in [7, 11) is 0. The number of hydrogen-bond donors (Lipinski definition) is 0. The van der Waals surface area contributed by atoms with Gasteiger partial charge < -0.3 is 9.47 Å². The number of hydrogen-bond acceptors (Lipinski definition) is 4. The third-order valence-corrected chi connectivity index (χ3v) is 13.2. The van der Waals surface area contributed by atoms with Gasteiger partial charge in [-0.15, -0.1) is 0 Å². The lowest BCUT2D eigenvalue weighted by Crippen LogP contribution is -2.52. The summed E-state index contributed by atoms with van der Waals surface area (Å²) in [5.74, 6) is 2.46. The minimum absolute atomic E-state index is 0.0524. The van der Waals surface area contributed by atoms with Crippen LogP contribution < -0.4 is 0 Å². The molecule has 4 nitrogen and oxygen atoms in total. The Kier molecular flexibility index (Phi) is 5.40. The molecule has 0 N–H and O–H groups in total. The molecule has 5 heteroatoms. The van der Waals surface area contributed by atoms with E-state index in [0.717, 1.165) is 29.0 Å². The molecule has 0 saturated heterocycles. The van der Waals surface area contributed by atoms with Crippen LogP contribution in [-0.2, 0) is 19.1 Å². The SMILES string of the molecule is CCOC(=O)C(CC12C[C@@H]3C[C@@H](CC1(C)C3)C2)(CC12C[C@@H]3C[C@@H](CC1(CBr)C3)C2)C(=O)OCC. The maximum absolute atomic E-state index is 14.1. The van der Waals surface area contributed by atoms with Crippen LogP contribution in [0.15, 0.2) is 0 Å². The second-order valence-electron chi connectivity index (χ2n) is 14.0. The summed E-state index contributed by atoms with van der Waals surface area (Å²) >= 11 is 3.92. The van der Waals surface area contributed by atoms with Gasteiger partial charge in [-0.2, -0.15) is 0 Å². The average molecular weight is 536 g/mol. The predicted octanol–water partition coefficient (Wildman–Crippen LogP) is 6.69. The monoisotopic (exact) mass is 534 g/mol. The Bertz CT molecular complexity index is 833. The molecule has 0 heterocycles. The first-order valence-corrected chi connectivity index (χ1v) is 15.2. The second kappa shape index (κ2) is 7.71. The van der Waals surface area contributed by atoms with Crippen LogP contribution in [0.2, 0.25) is 0 Å². The van der Waals surface area contributed by atoms with Crippen molar-refractivity contribution in [3.05, 3.63) is 0 Å². The van der Waals surface area contributed by atoms with Crippen LogP contribution in [0.25, 0.3) is 0 Å². The van der Waals surface area contributed by atoms with Gasteiger partial charge in [-0.05, 0) is 136 Å². The number of rotatable bonds is 9. The Morgan fingerprint density at radius 3 is 1.62 bits per heavy atom. The van der Waals surface area contributed by atoms with Crippen LogP contribution in [0.1, 0.15) is 97.8 Å². The molecule has 0 aromatic rings. The third kappa shape index (κ3) is 3.00. The summed E-state index contributed by atoms with van der Waals surface area (Å²) in [4.78, 5) is 28.2. The van der Waals surface area contributed by atoms with Crippen molar-refractivity contribution in [1.82, 2.24) is 0 Å². The molecule has 4 unspecified atom stereocenters. The summed E-state index contributed by atoms with van der Waals surface area (Å²) in [6, 6.07) is 0. The van der Waals surface area contributed by atoms with E-state index in [1.165, 1.54) is 64.2 Å². The zero-order valence-electron chi connectivity index (χ0n) is 21.4. The third-order valence-electron chi connectivity index (χ3n) is 12.2. The van der Waals surface area contributed by atoms with E-state index in [1.54, 1.807) is 0 Å². The van der Waals surface area contributed by atoms with Crippen LogP contribution >= 0.6 is 15.9 Å². The minimum Gasteiger partial charge on any atom is -0.465 e. The van der Waals surface area contributed by atoms with Crippen molar-refractivity contribution in [3.8, 4) is 0 Å². The summed E-state index contributed by atoms with van der Waals surface area (Å²) in [6.07, 6.45) is 13.7. The summed E-state index contributed by atoms with van der Waals surface area (Å²) in [6.45, 7) is 6.85. The lowest BCUT2D eigenvalue weighted by molar-refractivity contribution is -0.181. The maximum atomic E-state index is 14.1. The van der Waals surface area contributed by atoms with Gasteiger partial charge in [0.15, 0.2) is 5.41 Å². The fraction of sp³-hybridized carbons (Fsp3) is 0.931. The Balaban J connectivity index is 1.44. The Morgan fingerprint density at radius 1 is 0.735 bits per heavy atom. The Morgan fingerprint density at radius 2 is 1.15 bits per heavy atom. The zero-order valence-corrected chi connectivity index (χ0v) is 23.0. The molecule has 34 heavy (non-hydrogen) atoms. The first-order valence-electron chi connectivity index (χ1n) is 14.1. The molecule has 8 aliphatic carbocycles. The quantitative estimate of drug-likeness (QED) is 0.188. The van der Waals surface area contributed by atoms with E-state index in [1.807, 2.05) is 13.8 Å². The predicted molar refractivity (Wildman–Crippen MR) is 134 cm³/mol. The van der Waals surface area contributed by atoms with Gasteiger partial charge in [0.1, 0.15) is 0 Å². The van der Waals surface area contributed by atoms with Gasteiger partial charge in [-0.3, -0.25) is 9.59 Å². The molecule has 8 saturated carbocycles. The number of carbonyl (C=O) groups is 2. The first kappa shape index (κ1) is 23.8. The van der Waals surface area contributed by atoms with E-state index in [9.17, 15) is 9.59 Å². The molecule has 8 atom stereocenters. The number of alkyl halides is 1. The van der Waals surface area contributed by atoms with Gasteiger partial charge in [-0.1, -0.05) is 22.9 Å². The number of carbonyl (C=O) groups excluding carboxylic acids is 2. The van der Waals surface area contributed by atoms with Crippen LogP contribution in [-0.4, -0.2) is 30.5 Å². The van der Waals surface area contributed by atoms with E-state index in [4.69, 9.17) is 9.47 Å². The van der Waals surface area contributed by atoms with Crippen molar-refractivity contribution >= 4 is 27.9 Å². The summed E-state index contributed by atoms with van der Waals surface area (Å²) in [5, 5.41) is 0.988. The highest BCUT2D eigenvalue weighted by Crippen LogP contribution is 2.78. The standard InChI is InChI=1S/C29H43BrO4/c1-4-33-23(31)29(24(32)34-5-2,16-26-10-19-6-20(11-26)9-25(26,3)8-19)17-27-12-21-7-22(13-27)15-28(27,14-21)18-30/h19-22H,4-18H2,1-3H3/t19-,20+,21-,22+,25?,26?,27?,28?. The van der Waals surface area contributed by atoms with Crippen molar-refractivity contribution in [3.63, 3.8) is 0 Å². The highest BCUT2D eigenvalue weighted by atomic mass is 79.9. The topological polar surface area (TPSA) is 52.6 Å². The lowest BCUT2D eigenvalue weighted by atomic mass is 9.54. The van der Waals surface area contributed by atoms with Crippen molar-refractivity contribution in [2.75, 3.05) is 18.5 Å². The molecule has 0 radical (unpaired) electrons. The number of ether oxygens (including phenoxy) is 2. The molecule has 8 rings (SSSR count). The summed E-state index contributed by atoms with van der Waals surface area (Å²) in [5.41, 5.74) is -0.560. The number of halogens is 1. The normalized spacial score (nSPS) is 47.5. The fourth-order valence-corrected chi connectivity index (χ4v) is 12.7. The van der Waals surface area contributed by atoms with Crippen molar-refractivity contribution in [2.24, 2.45) is 50.7 Å². The van der Waals surface area contributed by atoms with Crippen molar-refractivity contribution in [2.45, 2.75) is 97.8 Å². The molecule has 0 aliphatic heterocycles. The fourth-order valence-electron chi connectivity index (χ4n) is 11.7. The summed E-state index contributed by atoms with van der Waals surface area (Å²) < 4.78 is 11.6. The minimum atomic E-state index is -1.16. The first-order chi connectivity index (χ1) is 16.2. The number of esters is 2. The molecule has 190 valence electrons. The van der Waals surface area contributed by atoms with Gasteiger partial charge in [0.05, 0.1) is 13.2 Å². The molecule has 8 aliphatic rings. The molecule has 0 amide bonds. The van der Waals surface area contributed by atoms with Gasteiger partial charge >= 0.3 is 11.9 Å². The zero-order chi connectivity index (χ0) is 24.0. The molecule has 0 spiro atoms. The molecular weight excluding hydrogens is 492 g/mol. The maximum Gasteiger partial charge on any atom is 0.323 e. The van der Waals surface area contributed by atoms with E-state index in [-0.39, 0.29) is 33.6 Å². The van der Waals surface area contributed by atoms with Crippen LogP contribution in [0, 0.1) is 50.7 Å². The highest BCUT2D eigenvalue weighted by molar-refractivity contribution is 9.09. The van der Waals surface area contributed by atoms with Gasteiger partial charge in [0.25, 0.3) is 0 Å². The largest absolute Gasteiger partial charge is 0.465 e. The second-order valence-corrected chi connectivity index (χ2v) is 14.5. The van der Waals surface area contributed by atoms with Crippen LogP contribution in [0.4, 0.5) is 0 Å². The van der Waals surface area contributed by atoms with Gasteiger partial charge in [-0.25, -0.2) is 0 Å². The van der Waals surface area contributed by atoms with Gasteiger partial charge in [0, 0.05) is 5.33 Å². The van der Waals surface area contributed by atoms with E-state index >= 15 is 0 Å². The van der Waals surface area contributed by atoms with E-state index < -0.39 is 5.41 Å². The van der Waals surface area contributed by atoms with Crippen LogP contribution in [0.5, 0.6) is 0 Å². The molecule has 0 aromatic heterocycles. The van der Waals surface area contributed by atoms with Crippen molar-refractivity contribution < 1.29 is 19.1 Å². The molecular formula is C29H43BrO4. The van der Waals surface area contributed by atoms with Crippen molar-refractivity contribution in [1.29, 1.82) is 0 Å². The molecule has 8 bridgehead atoms. The van der Waals surface area contributed by atoms with Gasteiger partial charge in [0.2, 0.25) is 0 Å². The Labute approximate surface area is 213 Å². The average Bonchev–Trinajstić information content (AvgIpc) is 3.27. The molecule has 0 aromatic carbocycles. The van der Waals surface area contributed by atoms with E-state index in [0.29, 0.717) is 26.1 Å². The van der Waals surface area contributed by atoms with Crippen LogP contribution in [0.3, 0.4) is 0 Å². The lowest BCUT2D eigenvalue weighted by Gasteiger charge is -2.49. The Hall–Kier alpha value is -0.580.